The maximum atomic E-state index is 11.9. The van der Waals surface area contributed by atoms with Crippen molar-refractivity contribution in [2.24, 2.45) is 17.6 Å². The standard InChI is InChI=1S/C18H28ClN3O.ClH/c1-13(2)17(20)18(23)21-11-14-7-9-22(10-8-14)12-15-5-3-4-6-16(15)19;/h3-6,13-14,17H,7-12,20H2,1-2H3,(H,21,23);1H/t17-;/m0./s1. The number of carbonyl (C=O) groups is 1. The Balaban J connectivity index is 0.00000288. The van der Waals surface area contributed by atoms with Gasteiger partial charge >= 0.3 is 0 Å². The van der Waals surface area contributed by atoms with E-state index < -0.39 is 6.04 Å². The quantitative estimate of drug-likeness (QED) is 0.805. The first-order chi connectivity index (χ1) is 11.0. The summed E-state index contributed by atoms with van der Waals surface area (Å²) in [6.45, 7) is 7.66. The predicted octanol–water partition coefficient (Wildman–Crippen LogP) is 3.07. The number of piperidine rings is 1. The van der Waals surface area contributed by atoms with Gasteiger partial charge in [-0.1, -0.05) is 43.6 Å². The molecule has 3 N–H and O–H groups in total. The van der Waals surface area contributed by atoms with Crippen LogP contribution in [0.4, 0.5) is 0 Å². The van der Waals surface area contributed by atoms with Crippen LogP contribution in [0.1, 0.15) is 32.3 Å². The molecule has 1 fully saturated rings. The number of hydrogen-bond acceptors (Lipinski definition) is 3. The SMILES string of the molecule is CC(C)[C@H](N)C(=O)NCC1CCN(Cc2ccccc2Cl)CC1.Cl. The number of amides is 1. The number of nitrogens with two attached hydrogens (primary N) is 1. The monoisotopic (exact) mass is 373 g/mol. The molecule has 1 saturated heterocycles. The van der Waals surface area contributed by atoms with E-state index in [1.807, 2.05) is 32.0 Å². The average molecular weight is 374 g/mol. The number of carbonyl (C=O) groups excluding carboxylic acids is 1. The Morgan fingerprint density at radius 2 is 1.96 bits per heavy atom. The Bertz CT molecular complexity index is 517. The van der Waals surface area contributed by atoms with Gasteiger partial charge in [0.15, 0.2) is 0 Å². The maximum absolute atomic E-state index is 11.9. The third-order valence-corrected chi connectivity index (χ3v) is 5.01. The Morgan fingerprint density at radius 1 is 1.33 bits per heavy atom. The van der Waals surface area contributed by atoms with Crippen molar-refractivity contribution in [2.45, 2.75) is 39.3 Å². The molecule has 2 rings (SSSR count). The molecule has 0 bridgehead atoms. The van der Waals surface area contributed by atoms with E-state index in [2.05, 4.69) is 16.3 Å². The van der Waals surface area contributed by atoms with Crippen LogP contribution < -0.4 is 11.1 Å². The van der Waals surface area contributed by atoms with Gasteiger partial charge in [-0.15, -0.1) is 12.4 Å². The molecule has 6 heteroatoms. The average Bonchev–Trinajstić information content (AvgIpc) is 2.55. The molecule has 0 spiro atoms. The molecule has 1 aromatic rings. The highest BCUT2D eigenvalue weighted by molar-refractivity contribution is 6.31. The molecule has 24 heavy (non-hydrogen) atoms. The normalized spacial score (nSPS) is 17.4. The van der Waals surface area contributed by atoms with Crippen LogP contribution in [0.15, 0.2) is 24.3 Å². The molecule has 4 nitrogen and oxygen atoms in total. The molecule has 1 amide bonds. The van der Waals surface area contributed by atoms with Gasteiger partial charge in [0.1, 0.15) is 0 Å². The van der Waals surface area contributed by atoms with Gasteiger partial charge in [-0.05, 0) is 49.4 Å². The minimum absolute atomic E-state index is 0. The summed E-state index contributed by atoms with van der Waals surface area (Å²) in [7, 11) is 0. The zero-order chi connectivity index (χ0) is 16.8. The smallest absolute Gasteiger partial charge is 0.237 e. The molecule has 136 valence electrons. The molecule has 1 aliphatic heterocycles. The maximum Gasteiger partial charge on any atom is 0.237 e. The van der Waals surface area contributed by atoms with Crippen molar-refractivity contribution in [3.63, 3.8) is 0 Å². The summed E-state index contributed by atoms with van der Waals surface area (Å²) < 4.78 is 0. The zero-order valence-corrected chi connectivity index (χ0v) is 16.1. The topological polar surface area (TPSA) is 58.4 Å². The second-order valence-corrected chi connectivity index (χ2v) is 7.23. The van der Waals surface area contributed by atoms with E-state index in [1.165, 1.54) is 5.56 Å². The lowest BCUT2D eigenvalue weighted by Gasteiger charge is -2.32. The molecule has 0 unspecified atom stereocenters. The van der Waals surface area contributed by atoms with E-state index >= 15 is 0 Å². The summed E-state index contributed by atoms with van der Waals surface area (Å²) in [6.07, 6.45) is 2.20. The Morgan fingerprint density at radius 3 is 2.54 bits per heavy atom. The molecule has 0 aromatic heterocycles. The van der Waals surface area contributed by atoms with Gasteiger partial charge in [-0.25, -0.2) is 0 Å². The van der Waals surface area contributed by atoms with Gasteiger partial charge in [0.2, 0.25) is 5.91 Å². The van der Waals surface area contributed by atoms with Crippen LogP contribution in [-0.2, 0) is 11.3 Å². The Kier molecular flexibility index (Phi) is 9.06. The van der Waals surface area contributed by atoms with Crippen molar-refractivity contribution < 1.29 is 4.79 Å². The van der Waals surface area contributed by atoms with E-state index in [1.54, 1.807) is 0 Å². The third-order valence-electron chi connectivity index (χ3n) is 4.64. The predicted molar refractivity (Wildman–Crippen MR) is 103 cm³/mol. The van der Waals surface area contributed by atoms with Crippen molar-refractivity contribution in [1.82, 2.24) is 10.2 Å². The van der Waals surface area contributed by atoms with Crippen LogP contribution >= 0.6 is 24.0 Å². The summed E-state index contributed by atoms with van der Waals surface area (Å²) in [5.41, 5.74) is 7.05. The number of likely N-dealkylation sites (tertiary alicyclic amines) is 1. The first-order valence-corrected chi connectivity index (χ1v) is 8.84. The van der Waals surface area contributed by atoms with Crippen LogP contribution in [-0.4, -0.2) is 36.5 Å². The largest absolute Gasteiger partial charge is 0.354 e. The molecular formula is C18H29Cl2N3O. The van der Waals surface area contributed by atoms with Crippen LogP contribution in [0.25, 0.3) is 0 Å². The molecule has 0 saturated carbocycles. The fourth-order valence-electron chi connectivity index (χ4n) is 2.88. The number of halogens is 2. The summed E-state index contributed by atoms with van der Waals surface area (Å²) in [5, 5.41) is 3.84. The highest BCUT2D eigenvalue weighted by Crippen LogP contribution is 2.22. The number of nitrogens with one attached hydrogen (secondary N) is 1. The second kappa shape index (κ2) is 10.2. The Hall–Kier alpha value is -0.810. The molecule has 0 aliphatic carbocycles. The fourth-order valence-corrected chi connectivity index (χ4v) is 3.08. The van der Waals surface area contributed by atoms with Gasteiger partial charge in [0.05, 0.1) is 6.04 Å². The Labute approximate surface area is 156 Å². The van der Waals surface area contributed by atoms with Gasteiger partial charge < -0.3 is 11.1 Å². The van der Waals surface area contributed by atoms with Crippen LogP contribution in [0.5, 0.6) is 0 Å². The van der Waals surface area contributed by atoms with Gasteiger partial charge in [0.25, 0.3) is 0 Å². The van der Waals surface area contributed by atoms with Crippen LogP contribution in [0.3, 0.4) is 0 Å². The van der Waals surface area contributed by atoms with Gasteiger partial charge in [0, 0.05) is 18.1 Å². The van der Waals surface area contributed by atoms with Crippen molar-refractivity contribution in [3.8, 4) is 0 Å². The van der Waals surface area contributed by atoms with E-state index in [-0.39, 0.29) is 24.2 Å². The lowest BCUT2D eigenvalue weighted by molar-refractivity contribution is -0.123. The number of benzene rings is 1. The molecular weight excluding hydrogens is 345 g/mol. The minimum Gasteiger partial charge on any atom is -0.354 e. The molecule has 1 aliphatic rings. The second-order valence-electron chi connectivity index (χ2n) is 6.83. The third kappa shape index (κ3) is 6.25. The molecule has 1 atom stereocenters. The zero-order valence-electron chi connectivity index (χ0n) is 14.5. The number of rotatable bonds is 6. The lowest BCUT2D eigenvalue weighted by Crippen LogP contribution is -2.46. The molecule has 0 radical (unpaired) electrons. The van der Waals surface area contributed by atoms with Crippen molar-refractivity contribution in [2.75, 3.05) is 19.6 Å². The van der Waals surface area contributed by atoms with Crippen LogP contribution in [0, 0.1) is 11.8 Å². The van der Waals surface area contributed by atoms with Crippen LogP contribution in [0.2, 0.25) is 5.02 Å². The minimum atomic E-state index is -0.407. The van der Waals surface area contributed by atoms with E-state index in [0.29, 0.717) is 5.92 Å². The first kappa shape index (κ1) is 21.2. The first-order valence-electron chi connectivity index (χ1n) is 8.46. The molecule has 1 aromatic carbocycles. The summed E-state index contributed by atoms with van der Waals surface area (Å²) >= 11 is 6.23. The highest BCUT2D eigenvalue weighted by Gasteiger charge is 2.22. The lowest BCUT2D eigenvalue weighted by atomic mass is 9.96. The summed E-state index contributed by atoms with van der Waals surface area (Å²) in [5.74, 6) is 0.687. The highest BCUT2D eigenvalue weighted by atomic mass is 35.5. The van der Waals surface area contributed by atoms with E-state index in [0.717, 1.165) is 44.0 Å². The fraction of sp³-hybridized carbons (Fsp3) is 0.611. The van der Waals surface area contributed by atoms with Crippen molar-refractivity contribution >= 4 is 29.9 Å². The number of hydrogen-bond donors (Lipinski definition) is 2. The summed E-state index contributed by atoms with van der Waals surface area (Å²) in [6, 6.07) is 7.61. The summed E-state index contributed by atoms with van der Waals surface area (Å²) in [4.78, 5) is 14.3. The van der Waals surface area contributed by atoms with Crippen molar-refractivity contribution in [1.29, 1.82) is 0 Å². The van der Waals surface area contributed by atoms with E-state index in [9.17, 15) is 4.79 Å². The van der Waals surface area contributed by atoms with Gasteiger partial charge in [-0.2, -0.15) is 0 Å². The number of nitrogens with zero attached hydrogens (tertiary/aromatic N) is 1. The van der Waals surface area contributed by atoms with E-state index in [4.69, 9.17) is 17.3 Å². The van der Waals surface area contributed by atoms with Crippen molar-refractivity contribution in [3.05, 3.63) is 34.9 Å². The molecule has 1 heterocycles. The van der Waals surface area contributed by atoms with Gasteiger partial charge in [-0.3, -0.25) is 9.69 Å².